The van der Waals surface area contributed by atoms with E-state index in [1.807, 2.05) is 0 Å². The van der Waals surface area contributed by atoms with Gasteiger partial charge in [-0.1, -0.05) is 6.92 Å². The van der Waals surface area contributed by atoms with Crippen LogP contribution in [0.15, 0.2) is 0 Å². The van der Waals surface area contributed by atoms with Gasteiger partial charge in [-0.15, -0.1) is 0 Å². The maximum absolute atomic E-state index is 2.42. The van der Waals surface area contributed by atoms with Crippen LogP contribution in [0.4, 0.5) is 0 Å². The maximum atomic E-state index is 2.42. The summed E-state index contributed by atoms with van der Waals surface area (Å²) in [6.07, 6.45) is 2.69. The van der Waals surface area contributed by atoms with Crippen LogP contribution < -0.4 is 0 Å². The molecule has 0 aromatic heterocycles. The van der Waals surface area contributed by atoms with E-state index in [1.165, 1.54) is 25.9 Å². The van der Waals surface area contributed by atoms with E-state index >= 15 is 0 Å². The molecule has 3 heteroatoms. The molecule has 1 atom stereocenters. The van der Waals surface area contributed by atoms with Crippen LogP contribution in [-0.4, -0.2) is 62.3 Å². The maximum Gasteiger partial charge on any atom is 0.0512 e. The van der Waals surface area contributed by atoms with E-state index in [0.717, 1.165) is 19.3 Å². The zero-order chi connectivity index (χ0) is 10.6. The molecule has 0 N–H and O–H groups in total. The summed E-state index contributed by atoms with van der Waals surface area (Å²) >= 11 is 0. The van der Waals surface area contributed by atoms with Crippen LogP contribution in [0.3, 0.4) is 0 Å². The molecule has 1 saturated heterocycles. The third-order valence-electron chi connectivity index (χ3n) is 2.83. The van der Waals surface area contributed by atoms with E-state index in [1.54, 1.807) is 0 Å². The molecule has 14 heavy (non-hydrogen) atoms. The predicted octanol–water partition coefficient (Wildman–Crippen LogP) is 1.13. The minimum atomic E-state index is 0.833. The molecule has 0 amide bonds. The minimum Gasteiger partial charge on any atom is -0.294 e. The second-order valence-corrected chi connectivity index (χ2v) is 5.00. The summed E-state index contributed by atoms with van der Waals surface area (Å²) < 4.78 is 0. The van der Waals surface area contributed by atoms with Crippen LogP contribution in [0, 0.1) is 5.92 Å². The van der Waals surface area contributed by atoms with Crippen LogP contribution in [0.1, 0.15) is 19.8 Å². The lowest BCUT2D eigenvalue weighted by molar-refractivity contribution is 0.0967. The van der Waals surface area contributed by atoms with E-state index in [4.69, 9.17) is 0 Å². The topological polar surface area (TPSA) is 9.72 Å². The van der Waals surface area contributed by atoms with E-state index in [9.17, 15) is 0 Å². The van der Waals surface area contributed by atoms with Crippen molar-refractivity contribution in [1.82, 2.24) is 14.7 Å². The van der Waals surface area contributed by atoms with Gasteiger partial charge < -0.3 is 0 Å². The fourth-order valence-electron chi connectivity index (χ4n) is 2.33. The van der Waals surface area contributed by atoms with Crippen LogP contribution in [-0.2, 0) is 0 Å². The van der Waals surface area contributed by atoms with E-state index in [-0.39, 0.29) is 0 Å². The van der Waals surface area contributed by atoms with Gasteiger partial charge in [0.25, 0.3) is 0 Å². The standard InChI is InChI=1S/C11H25N3/c1-11-6-5-7-12(2)9-14(4)10-13(3)8-11/h11H,5-10H2,1-4H3. The summed E-state index contributed by atoms with van der Waals surface area (Å²) in [5.74, 6) is 0.833. The van der Waals surface area contributed by atoms with Gasteiger partial charge in [0.15, 0.2) is 0 Å². The summed E-state index contributed by atoms with van der Waals surface area (Å²) in [5.41, 5.74) is 0. The van der Waals surface area contributed by atoms with Crippen molar-refractivity contribution in [2.75, 3.05) is 47.6 Å². The summed E-state index contributed by atoms with van der Waals surface area (Å²) in [6.45, 7) is 6.98. The molecule has 1 rings (SSSR count). The van der Waals surface area contributed by atoms with Crippen LogP contribution in [0.25, 0.3) is 0 Å². The quantitative estimate of drug-likeness (QED) is 0.579. The van der Waals surface area contributed by atoms with Crippen molar-refractivity contribution in [3.05, 3.63) is 0 Å². The van der Waals surface area contributed by atoms with Gasteiger partial charge in [-0.3, -0.25) is 14.7 Å². The SMILES string of the molecule is CC1CCCN(C)CN(C)CN(C)C1. The number of rotatable bonds is 0. The molecular weight excluding hydrogens is 174 g/mol. The van der Waals surface area contributed by atoms with Crippen molar-refractivity contribution in [1.29, 1.82) is 0 Å². The smallest absolute Gasteiger partial charge is 0.0512 e. The Hall–Kier alpha value is -0.120. The van der Waals surface area contributed by atoms with Crippen molar-refractivity contribution in [3.8, 4) is 0 Å². The average molecular weight is 199 g/mol. The lowest BCUT2D eigenvalue weighted by atomic mass is 10.1. The van der Waals surface area contributed by atoms with Gasteiger partial charge in [0, 0.05) is 6.54 Å². The lowest BCUT2D eigenvalue weighted by Gasteiger charge is -2.31. The summed E-state index contributed by atoms with van der Waals surface area (Å²) in [5, 5.41) is 0. The average Bonchev–Trinajstić information content (AvgIpc) is 2.01. The first-order valence-electron chi connectivity index (χ1n) is 5.63. The second-order valence-electron chi connectivity index (χ2n) is 5.00. The largest absolute Gasteiger partial charge is 0.294 e. The molecule has 0 aromatic carbocycles. The van der Waals surface area contributed by atoms with Crippen molar-refractivity contribution in [2.45, 2.75) is 19.8 Å². The van der Waals surface area contributed by atoms with Gasteiger partial charge in [0.1, 0.15) is 0 Å². The van der Waals surface area contributed by atoms with Gasteiger partial charge >= 0.3 is 0 Å². The third kappa shape index (κ3) is 4.40. The number of nitrogens with zero attached hydrogens (tertiary/aromatic N) is 3. The Morgan fingerprint density at radius 2 is 1.57 bits per heavy atom. The summed E-state index contributed by atoms with van der Waals surface area (Å²) in [6, 6.07) is 0. The van der Waals surface area contributed by atoms with E-state index in [0.29, 0.717) is 0 Å². The highest BCUT2D eigenvalue weighted by molar-refractivity contribution is 4.63. The molecule has 0 bridgehead atoms. The Labute approximate surface area is 88.7 Å². The van der Waals surface area contributed by atoms with Crippen LogP contribution >= 0.6 is 0 Å². The number of hydrogen-bond acceptors (Lipinski definition) is 3. The highest BCUT2D eigenvalue weighted by Crippen LogP contribution is 2.09. The van der Waals surface area contributed by atoms with Gasteiger partial charge in [0.05, 0.1) is 13.3 Å². The molecular formula is C11H25N3. The molecule has 1 aliphatic heterocycles. The molecule has 1 unspecified atom stereocenters. The monoisotopic (exact) mass is 199 g/mol. The van der Waals surface area contributed by atoms with Gasteiger partial charge in [0.2, 0.25) is 0 Å². The van der Waals surface area contributed by atoms with Gasteiger partial charge in [-0.2, -0.15) is 0 Å². The van der Waals surface area contributed by atoms with Crippen molar-refractivity contribution >= 4 is 0 Å². The molecule has 0 spiro atoms. The van der Waals surface area contributed by atoms with Crippen LogP contribution in [0.5, 0.6) is 0 Å². The second kappa shape index (κ2) is 5.69. The molecule has 3 nitrogen and oxygen atoms in total. The Morgan fingerprint density at radius 3 is 2.29 bits per heavy atom. The molecule has 0 aromatic rings. The minimum absolute atomic E-state index is 0.833. The predicted molar refractivity (Wildman–Crippen MR) is 61.2 cm³/mol. The first kappa shape index (κ1) is 12.0. The lowest BCUT2D eigenvalue weighted by Crippen LogP contribution is -2.42. The number of hydrogen-bond donors (Lipinski definition) is 0. The van der Waals surface area contributed by atoms with Gasteiger partial charge in [-0.05, 0) is 46.4 Å². The molecule has 84 valence electrons. The fraction of sp³-hybridized carbons (Fsp3) is 1.00. The highest BCUT2D eigenvalue weighted by Gasteiger charge is 2.12. The van der Waals surface area contributed by atoms with Crippen molar-refractivity contribution in [3.63, 3.8) is 0 Å². The van der Waals surface area contributed by atoms with Crippen LogP contribution in [0.2, 0.25) is 0 Å². The molecule has 1 heterocycles. The fourth-order valence-corrected chi connectivity index (χ4v) is 2.33. The Morgan fingerprint density at radius 1 is 0.929 bits per heavy atom. The summed E-state index contributed by atoms with van der Waals surface area (Å²) in [7, 11) is 6.62. The first-order chi connectivity index (χ1) is 6.58. The Balaban J connectivity index is 2.44. The first-order valence-corrected chi connectivity index (χ1v) is 5.63. The zero-order valence-electron chi connectivity index (χ0n) is 10.2. The van der Waals surface area contributed by atoms with Crippen molar-refractivity contribution in [2.24, 2.45) is 5.92 Å². The molecule has 1 fully saturated rings. The molecule has 0 radical (unpaired) electrons. The zero-order valence-corrected chi connectivity index (χ0v) is 10.2. The normalized spacial score (nSPS) is 30.4. The Kier molecular flexibility index (Phi) is 4.85. The van der Waals surface area contributed by atoms with E-state index < -0.39 is 0 Å². The molecule has 0 aliphatic carbocycles. The summed E-state index contributed by atoms with van der Waals surface area (Å²) in [4.78, 5) is 7.20. The Bertz CT molecular complexity index is 145. The third-order valence-corrected chi connectivity index (χ3v) is 2.83. The molecule has 1 aliphatic rings. The van der Waals surface area contributed by atoms with Crippen molar-refractivity contribution < 1.29 is 0 Å². The highest BCUT2D eigenvalue weighted by atomic mass is 15.4. The molecule has 0 saturated carbocycles. The van der Waals surface area contributed by atoms with E-state index in [2.05, 4.69) is 42.8 Å². The van der Waals surface area contributed by atoms with Gasteiger partial charge in [-0.25, -0.2) is 0 Å².